The lowest BCUT2D eigenvalue weighted by Crippen LogP contribution is -2.05. The standard InChI is InChI=1S/C16H15FN2O2S/c1-20-10-21-14-7-6-12(17)8-11(14)9-18-16-19-13-4-2-3-5-15(13)22-16/h2-8H,9-10H2,1H3,(H,18,19). The number of halogens is 1. The third-order valence-corrected chi connectivity index (χ3v) is 4.07. The average molecular weight is 318 g/mol. The molecule has 6 heteroatoms. The maximum absolute atomic E-state index is 13.4. The van der Waals surface area contributed by atoms with Crippen molar-refractivity contribution >= 4 is 26.7 Å². The highest BCUT2D eigenvalue weighted by Gasteiger charge is 2.08. The van der Waals surface area contributed by atoms with Gasteiger partial charge in [0, 0.05) is 19.2 Å². The first-order valence-corrected chi connectivity index (χ1v) is 7.57. The number of aromatic nitrogens is 1. The number of nitrogens with one attached hydrogen (secondary N) is 1. The largest absolute Gasteiger partial charge is 0.467 e. The Morgan fingerprint density at radius 3 is 2.91 bits per heavy atom. The highest BCUT2D eigenvalue weighted by molar-refractivity contribution is 7.22. The number of nitrogens with zero attached hydrogens (tertiary/aromatic N) is 1. The van der Waals surface area contributed by atoms with Gasteiger partial charge in [0.15, 0.2) is 11.9 Å². The second-order valence-electron chi connectivity index (χ2n) is 4.64. The van der Waals surface area contributed by atoms with Crippen molar-refractivity contribution in [1.82, 2.24) is 4.98 Å². The van der Waals surface area contributed by atoms with Crippen LogP contribution in [0.3, 0.4) is 0 Å². The summed E-state index contributed by atoms with van der Waals surface area (Å²) in [6, 6.07) is 12.3. The van der Waals surface area contributed by atoms with Gasteiger partial charge in [0.05, 0.1) is 10.2 Å². The average Bonchev–Trinajstić information content (AvgIpc) is 2.95. The van der Waals surface area contributed by atoms with Crippen molar-refractivity contribution in [3.05, 3.63) is 53.8 Å². The van der Waals surface area contributed by atoms with E-state index in [1.165, 1.54) is 12.1 Å². The van der Waals surface area contributed by atoms with Crippen molar-refractivity contribution in [2.24, 2.45) is 0 Å². The molecular formula is C16H15FN2O2S. The lowest BCUT2D eigenvalue weighted by Gasteiger charge is -2.11. The van der Waals surface area contributed by atoms with E-state index in [9.17, 15) is 4.39 Å². The molecule has 0 bridgehead atoms. The number of fused-ring (bicyclic) bond motifs is 1. The topological polar surface area (TPSA) is 43.4 Å². The van der Waals surface area contributed by atoms with Crippen LogP contribution in [0.5, 0.6) is 5.75 Å². The Hall–Kier alpha value is -2.18. The molecule has 3 aromatic rings. The molecule has 0 fully saturated rings. The summed E-state index contributed by atoms with van der Waals surface area (Å²) < 4.78 is 24.9. The first-order chi connectivity index (χ1) is 10.8. The number of rotatable bonds is 6. The smallest absolute Gasteiger partial charge is 0.188 e. The van der Waals surface area contributed by atoms with E-state index in [1.54, 1.807) is 24.5 Å². The van der Waals surface area contributed by atoms with Crippen LogP contribution in [-0.2, 0) is 11.3 Å². The Bertz CT molecular complexity index is 743. The second-order valence-corrected chi connectivity index (χ2v) is 5.67. The molecule has 1 N–H and O–H groups in total. The Morgan fingerprint density at radius 2 is 2.09 bits per heavy atom. The fourth-order valence-corrected chi connectivity index (χ4v) is 2.93. The monoisotopic (exact) mass is 318 g/mol. The van der Waals surface area contributed by atoms with Gasteiger partial charge in [-0.2, -0.15) is 0 Å². The van der Waals surface area contributed by atoms with Crippen LogP contribution < -0.4 is 10.1 Å². The van der Waals surface area contributed by atoms with Crippen LogP contribution in [0.4, 0.5) is 9.52 Å². The zero-order chi connectivity index (χ0) is 15.4. The SMILES string of the molecule is COCOc1ccc(F)cc1CNc1nc2ccccc2s1. The van der Waals surface area contributed by atoms with Crippen molar-refractivity contribution < 1.29 is 13.9 Å². The summed E-state index contributed by atoms with van der Waals surface area (Å²) in [5.41, 5.74) is 1.67. The van der Waals surface area contributed by atoms with Crippen LogP contribution in [0.1, 0.15) is 5.56 Å². The van der Waals surface area contributed by atoms with Gasteiger partial charge in [-0.3, -0.25) is 0 Å². The van der Waals surface area contributed by atoms with Gasteiger partial charge in [0.2, 0.25) is 0 Å². The molecule has 0 aliphatic carbocycles. The fraction of sp³-hybridized carbons (Fsp3) is 0.188. The van der Waals surface area contributed by atoms with Crippen LogP contribution in [0, 0.1) is 5.82 Å². The molecule has 1 heterocycles. The Balaban J connectivity index is 1.76. The molecule has 0 spiro atoms. The van der Waals surface area contributed by atoms with E-state index in [-0.39, 0.29) is 12.6 Å². The molecule has 0 unspecified atom stereocenters. The predicted octanol–water partition coefficient (Wildman–Crippen LogP) is 4.03. The number of para-hydroxylation sites is 1. The molecule has 0 aliphatic heterocycles. The zero-order valence-electron chi connectivity index (χ0n) is 12.0. The van der Waals surface area contributed by atoms with Crippen LogP contribution >= 0.6 is 11.3 Å². The summed E-state index contributed by atoms with van der Waals surface area (Å²) >= 11 is 1.56. The molecule has 0 saturated carbocycles. The van der Waals surface area contributed by atoms with Gasteiger partial charge in [-0.15, -0.1) is 0 Å². The number of anilines is 1. The number of hydrogen-bond donors (Lipinski definition) is 1. The first-order valence-electron chi connectivity index (χ1n) is 6.76. The van der Waals surface area contributed by atoms with E-state index in [2.05, 4.69) is 10.3 Å². The second kappa shape index (κ2) is 6.72. The number of hydrogen-bond acceptors (Lipinski definition) is 5. The summed E-state index contributed by atoms with van der Waals surface area (Å²) in [4.78, 5) is 4.49. The lowest BCUT2D eigenvalue weighted by atomic mass is 10.2. The molecule has 114 valence electrons. The van der Waals surface area contributed by atoms with Crippen LogP contribution in [0.15, 0.2) is 42.5 Å². The van der Waals surface area contributed by atoms with E-state index in [0.717, 1.165) is 20.9 Å². The van der Waals surface area contributed by atoms with Crippen molar-refractivity contribution in [1.29, 1.82) is 0 Å². The quantitative estimate of drug-likeness (QED) is 0.697. The molecule has 1 aromatic heterocycles. The molecule has 0 amide bonds. The van der Waals surface area contributed by atoms with Crippen LogP contribution in [-0.4, -0.2) is 18.9 Å². The van der Waals surface area contributed by atoms with E-state index in [1.807, 2.05) is 24.3 Å². The highest BCUT2D eigenvalue weighted by atomic mass is 32.1. The minimum atomic E-state index is -0.300. The summed E-state index contributed by atoms with van der Waals surface area (Å²) in [7, 11) is 1.54. The number of benzene rings is 2. The Kier molecular flexibility index (Phi) is 4.50. The maximum Gasteiger partial charge on any atom is 0.188 e. The van der Waals surface area contributed by atoms with E-state index in [4.69, 9.17) is 9.47 Å². The van der Waals surface area contributed by atoms with Gasteiger partial charge >= 0.3 is 0 Å². The van der Waals surface area contributed by atoms with Gasteiger partial charge in [-0.1, -0.05) is 23.5 Å². The Morgan fingerprint density at radius 1 is 1.23 bits per heavy atom. The van der Waals surface area contributed by atoms with Crippen LogP contribution in [0.2, 0.25) is 0 Å². The van der Waals surface area contributed by atoms with Crippen LogP contribution in [0.25, 0.3) is 10.2 Å². The highest BCUT2D eigenvalue weighted by Crippen LogP contribution is 2.27. The maximum atomic E-state index is 13.4. The lowest BCUT2D eigenvalue weighted by molar-refractivity contribution is 0.0504. The predicted molar refractivity (Wildman–Crippen MR) is 85.9 cm³/mol. The summed E-state index contributed by atoms with van der Waals surface area (Å²) in [5, 5.41) is 4.01. The number of thiazole rings is 1. The third-order valence-electron chi connectivity index (χ3n) is 3.08. The van der Waals surface area contributed by atoms with E-state index >= 15 is 0 Å². The normalized spacial score (nSPS) is 10.8. The minimum Gasteiger partial charge on any atom is -0.467 e. The number of methoxy groups -OCH3 is 1. The van der Waals surface area contributed by atoms with Crippen molar-refractivity contribution in [3.8, 4) is 5.75 Å². The molecule has 4 nitrogen and oxygen atoms in total. The van der Waals surface area contributed by atoms with Crippen molar-refractivity contribution in [3.63, 3.8) is 0 Å². The molecule has 0 saturated heterocycles. The van der Waals surface area contributed by atoms with Gasteiger partial charge in [-0.05, 0) is 30.3 Å². The fourth-order valence-electron chi connectivity index (χ4n) is 2.07. The van der Waals surface area contributed by atoms with Gasteiger partial charge < -0.3 is 14.8 Å². The summed E-state index contributed by atoms with van der Waals surface area (Å²) in [6.07, 6.45) is 0. The van der Waals surface area contributed by atoms with Gasteiger partial charge in [0.25, 0.3) is 0 Å². The zero-order valence-corrected chi connectivity index (χ0v) is 12.8. The summed E-state index contributed by atoms with van der Waals surface area (Å²) in [5.74, 6) is 0.294. The van der Waals surface area contributed by atoms with Crippen molar-refractivity contribution in [2.45, 2.75) is 6.54 Å². The first kappa shape index (κ1) is 14.7. The van der Waals surface area contributed by atoms with E-state index < -0.39 is 0 Å². The molecular weight excluding hydrogens is 303 g/mol. The summed E-state index contributed by atoms with van der Waals surface area (Å²) in [6.45, 7) is 0.552. The van der Waals surface area contributed by atoms with Gasteiger partial charge in [-0.25, -0.2) is 9.37 Å². The molecule has 2 aromatic carbocycles. The molecule has 22 heavy (non-hydrogen) atoms. The van der Waals surface area contributed by atoms with Crippen molar-refractivity contribution in [2.75, 3.05) is 19.2 Å². The molecule has 0 atom stereocenters. The minimum absolute atomic E-state index is 0.125. The molecule has 0 aliphatic rings. The van der Waals surface area contributed by atoms with E-state index in [0.29, 0.717) is 12.3 Å². The van der Waals surface area contributed by atoms with Gasteiger partial charge in [0.1, 0.15) is 11.6 Å². The Labute approximate surface area is 131 Å². The molecule has 3 rings (SSSR count). The number of ether oxygens (including phenoxy) is 2. The molecule has 0 radical (unpaired) electrons. The third kappa shape index (κ3) is 3.35.